The Bertz CT molecular complexity index is 627. The van der Waals surface area contributed by atoms with Gasteiger partial charge in [-0.3, -0.25) is 14.1 Å². The standard InChI is InChI=1S/C26H50O8S.Na.H/c1-2-3-4-5-6-7-8-9-10-11-12-13-14-15-16-17-18-19-20-33-21-22-34-26(29)24(23-25(27)28)35(30,31)32;;/h24H,2-23H2,1H3,(H,27,28)(H,30,31,32);;. The van der Waals surface area contributed by atoms with Gasteiger partial charge in [-0.1, -0.05) is 116 Å². The molecule has 0 saturated carbocycles. The van der Waals surface area contributed by atoms with Crippen molar-refractivity contribution < 1.29 is 37.1 Å². The molecule has 10 heteroatoms. The van der Waals surface area contributed by atoms with Crippen molar-refractivity contribution in [3.63, 3.8) is 0 Å². The molecule has 1 unspecified atom stereocenters. The molecule has 0 aromatic heterocycles. The second-order valence-corrected chi connectivity index (χ2v) is 11.0. The van der Waals surface area contributed by atoms with Crippen molar-refractivity contribution in [2.45, 2.75) is 134 Å². The number of hydrogen-bond acceptors (Lipinski definition) is 6. The Hall–Kier alpha value is -0.190. The van der Waals surface area contributed by atoms with Crippen molar-refractivity contribution >= 4 is 51.6 Å². The van der Waals surface area contributed by atoms with E-state index in [1.165, 1.54) is 103 Å². The van der Waals surface area contributed by atoms with Crippen LogP contribution >= 0.6 is 0 Å². The van der Waals surface area contributed by atoms with Gasteiger partial charge >= 0.3 is 41.5 Å². The molecule has 0 radical (unpaired) electrons. The van der Waals surface area contributed by atoms with E-state index in [4.69, 9.17) is 19.1 Å². The number of unbranched alkanes of at least 4 members (excludes halogenated alkanes) is 17. The number of carbonyl (C=O) groups excluding carboxylic acids is 1. The van der Waals surface area contributed by atoms with Crippen molar-refractivity contribution in [2.24, 2.45) is 0 Å². The van der Waals surface area contributed by atoms with Crippen molar-refractivity contribution in [1.82, 2.24) is 0 Å². The van der Waals surface area contributed by atoms with Gasteiger partial charge in [-0.25, -0.2) is 0 Å². The predicted octanol–water partition coefficient (Wildman–Crippen LogP) is 5.67. The number of ether oxygens (including phenoxy) is 2. The van der Waals surface area contributed by atoms with Crippen molar-refractivity contribution in [1.29, 1.82) is 0 Å². The zero-order valence-electron chi connectivity index (χ0n) is 21.9. The van der Waals surface area contributed by atoms with Crippen LogP contribution in [0.2, 0.25) is 0 Å². The normalized spacial score (nSPS) is 12.2. The molecule has 0 saturated heterocycles. The van der Waals surface area contributed by atoms with E-state index in [1.54, 1.807) is 0 Å². The quantitative estimate of drug-likeness (QED) is 0.0615. The van der Waals surface area contributed by atoms with Gasteiger partial charge in [0.1, 0.15) is 6.61 Å². The number of aliphatic carboxylic acids is 1. The summed E-state index contributed by atoms with van der Waals surface area (Å²) in [6, 6.07) is 0. The van der Waals surface area contributed by atoms with Crippen LogP contribution in [0, 0.1) is 0 Å². The molecule has 1 atom stereocenters. The zero-order chi connectivity index (χ0) is 26.2. The fourth-order valence-corrected chi connectivity index (χ4v) is 4.64. The molecule has 0 spiro atoms. The van der Waals surface area contributed by atoms with Crippen LogP contribution < -0.4 is 0 Å². The first-order valence-corrected chi connectivity index (χ1v) is 15.2. The number of esters is 1. The van der Waals surface area contributed by atoms with Crippen LogP contribution in [-0.4, -0.2) is 84.6 Å². The fraction of sp³-hybridized carbons (Fsp3) is 0.923. The van der Waals surface area contributed by atoms with Crippen LogP contribution in [0.4, 0.5) is 0 Å². The molecule has 0 aliphatic carbocycles. The third-order valence-electron chi connectivity index (χ3n) is 6.10. The van der Waals surface area contributed by atoms with E-state index in [9.17, 15) is 18.0 Å². The van der Waals surface area contributed by atoms with Gasteiger partial charge < -0.3 is 14.6 Å². The van der Waals surface area contributed by atoms with E-state index in [0.29, 0.717) is 6.61 Å². The molecule has 2 N–H and O–H groups in total. The van der Waals surface area contributed by atoms with Gasteiger partial charge in [-0.15, -0.1) is 0 Å². The molecule has 0 rings (SSSR count). The first kappa shape index (κ1) is 38.0. The number of rotatable bonds is 26. The second-order valence-electron chi connectivity index (χ2n) is 9.39. The maximum atomic E-state index is 11.7. The second kappa shape index (κ2) is 26.4. The molecule has 0 fully saturated rings. The predicted molar refractivity (Wildman–Crippen MR) is 145 cm³/mol. The van der Waals surface area contributed by atoms with Crippen molar-refractivity contribution in [3.8, 4) is 0 Å². The summed E-state index contributed by atoms with van der Waals surface area (Å²) in [7, 11) is -4.83. The third-order valence-corrected chi connectivity index (χ3v) is 7.17. The summed E-state index contributed by atoms with van der Waals surface area (Å²) in [5.41, 5.74) is 0. The molecule has 36 heavy (non-hydrogen) atoms. The Labute approximate surface area is 241 Å². The first-order valence-electron chi connectivity index (χ1n) is 13.7. The third kappa shape index (κ3) is 25.5. The molecule has 0 aliphatic rings. The summed E-state index contributed by atoms with van der Waals surface area (Å²) in [5.74, 6) is -2.80. The average Bonchev–Trinajstić information content (AvgIpc) is 2.79. The molecular weight excluding hydrogens is 495 g/mol. The van der Waals surface area contributed by atoms with E-state index < -0.39 is 33.7 Å². The van der Waals surface area contributed by atoms with Crippen molar-refractivity contribution in [3.05, 3.63) is 0 Å². The molecule has 0 heterocycles. The summed E-state index contributed by atoms with van der Waals surface area (Å²) in [6.07, 6.45) is 22.5. The number of carboxylic acids is 1. The van der Waals surface area contributed by atoms with Gasteiger partial charge in [0.25, 0.3) is 10.1 Å². The molecule has 0 bridgehead atoms. The number of hydrogen-bond donors (Lipinski definition) is 2. The summed E-state index contributed by atoms with van der Waals surface area (Å²) < 4.78 is 41.2. The fourth-order valence-electron chi connectivity index (χ4n) is 3.97. The Balaban J connectivity index is 0. The first-order chi connectivity index (χ1) is 16.8. The molecular formula is C26H51NaO8S. The van der Waals surface area contributed by atoms with Crippen LogP contribution in [0.3, 0.4) is 0 Å². The van der Waals surface area contributed by atoms with Crippen LogP contribution in [0.1, 0.15) is 129 Å². The summed E-state index contributed by atoms with van der Waals surface area (Å²) in [5, 5.41) is 6.52. The van der Waals surface area contributed by atoms with E-state index in [0.717, 1.165) is 12.8 Å². The van der Waals surface area contributed by atoms with E-state index in [2.05, 4.69) is 6.92 Å². The molecule has 0 aromatic rings. The number of carbonyl (C=O) groups is 2. The number of carboxylic acid groups (broad SMARTS) is 1. The SMILES string of the molecule is CCCCCCCCCCCCCCCCCCCCOCCOC(=O)C(CC(=O)O)S(=O)(=O)O.[NaH]. The minimum absolute atomic E-state index is 0. The van der Waals surface area contributed by atoms with E-state index >= 15 is 0 Å². The summed E-state index contributed by atoms with van der Waals surface area (Å²) in [4.78, 5) is 22.3. The monoisotopic (exact) mass is 546 g/mol. The van der Waals surface area contributed by atoms with Crippen LogP contribution in [0.15, 0.2) is 0 Å². The summed E-state index contributed by atoms with van der Waals surface area (Å²) >= 11 is 0. The van der Waals surface area contributed by atoms with Crippen LogP contribution in [0.25, 0.3) is 0 Å². The molecule has 8 nitrogen and oxygen atoms in total. The minimum atomic E-state index is -4.83. The Morgan fingerprint density at radius 1 is 0.667 bits per heavy atom. The molecule has 0 amide bonds. The van der Waals surface area contributed by atoms with Gasteiger partial charge in [-0.05, 0) is 6.42 Å². The maximum absolute atomic E-state index is 11.7. The summed E-state index contributed by atoms with van der Waals surface area (Å²) in [6.45, 7) is 2.69. The van der Waals surface area contributed by atoms with Gasteiger partial charge in [0.2, 0.25) is 0 Å². The topological polar surface area (TPSA) is 127 Å². The van der Waals surface area contributed by atoms with E-state index in [-0.39, 0.29) is 42.8 Å². The van der Waals surface area contributed by atoms with Gasteiger partial charge in [0.15, 0.2) is 5.25 Å². The van der Waals surface area contributed by atoms with Gasteiger partial charge in [0, 0.05) is 6.61 Å². The molecule has 210 valence electrons. The van der Waals surface area contributed by atoms with E-state index in [1.807, 2.05) is 0 Å². The molecule has 0 aromatic carbocycles. The zero-order valence-corrected chi connectivity index (χ0v) is 22.7. The van der Waals surface area contributed by atoms with Crippen molar-refractivity contribution in [2.75, 3.05) is 19.8 Å². The Morgan fingerprint density at radius 2 is 1.06 bits per heavy atom. The van der Waals surface area contributed by atoms with Crippen LogP contribution in [-0.2, 0) is 29.2 Å². The van der Waals surface area contributed by atoms with Crippen LogP contribution in [0.5, 0.6) is 0 Å². The Kier molecular flexibility index (Phi) is 27.9. The molecule has 0 aliphatic heterocycles. The average molecular weight is 547 g/mol. The van der Waals surface area contributed by atoms with Gasteiger partial charge in [0.05, 0.1) is 13.0 Å². The van der Waals surface area contributed by atoms with Gasteiger partial charge in [-0.2, -0.15) is 8.42 Å². The Morgan fingerprint density at radius 3 is 1.42 bits per heavy atom.